The molecule has 0 bridgehead atoms. The van der Waals surface area contributed by atoms with Crippen molar-refractivity contribution in [3.63, 3.8) is 0 Å². The van der Waals surface area contributed by atoms with Crippen LogP contribution in [0.15, 0.2) is 24.3 Å². The number of rotatable bonds is 6. The molecule has 21 heavy (non-hydrogen) atoms. The lowest BCUT2D eigenvalue weighted by atomic mass is 9.89. The minimum Gasteiger partial charge on any atom is -0.355 e. The maximum absolute atomic E-state index is 12.2. The zero-order chi connectivity index (χ0) is 15.1. The largest absolute Gasteiger partial charge is 0.355 e. The smallest absolute Gasteiger partial charge is 0.232 e. The molecule has 116 valence electrons. The minimum absolute atomic E-state index is 0.0215. The number of amides is 1. The first-order valence-corrected chi connectivity index (χ1v) is 9.15. The minimum atomic E-state index is 0.0215. The van der Waals surface area contributed by atoms with Gasteiger partial charge in [0.05, 0.1) is 5.25 Å². The molecular weight excluding hydrogens is 278 g/mol. The van der Waals surface area contributed by atoms with Gasteiger partial charge >= 0.3 is 0 Å². The third-order valence-electron chi connectivity index (χ3n) is 4.41. The number of hydrogen-bond acceptors (Lipinski definition) is 2. The summed E-state index contributed by atoms with van der Waals surface area (Å²) in [7, 11) is 0. The Morgan fingerprint density at radius 2 is 2.00 bits per heavy atom. The summed E-state index contributed by atoms with van der Waals surface area (Å²) in [5.41, 5.74) is 2.63. The maximum atomic E-state index is 12.2. The summed E-state index contributed by atoms with van der Waals surface area (Å²) in [6.45, 7) is 5.01. The molecule has 3 heteroatoms. The molecule has 1 aromatic carbocycles. The lowest BCUT2D eigenvalue weighted by Gasteiger charge is -2.22. The van der Waals surface area contributed by atoms with Crippen molar-refractivity contribution in [3.8, 4) is 0 Å². The fourth-order valence-electron chi connectivity index (χ4n) is 2.84. The monoisotopic (exact) mass is 305 g/mol. The van der Waals surface area contributed by atoms with Crippen LogP contribution in [0.3, 0.4) is 0 Å². The van der Waals surface area contributed by atoms with Crippen LogP contribution in [0.2, 0.25) is 0 Å². The fraction of sp³-hybridized carbons (Fsp3) is 0.611. The number of carbonyl (C=O) groups is 1. The average Bonchev–Trinajstić information content (AvgIpc) is 2.52. The van der Waals surface area contributed by atoms with Gasteiger partial charge in [0.2, 0.25) is 5.91 Å². The van der Waals surface area contributed by atoms with Crippen LogP contribution >= 0.6 is 11.8 Å². The second kappa shape index (κ2) is 8.47. The number of hydrogen-bond donors (Lipinski definition) is 1. The molecule has 0 spiro atoms. The van der Waals surface area contributed by atoms with Gasteiger partial charge in [-0.05, 0) is 43.7 Å². The molecule has 0 saturated heterocycles. The third-order valence-corrected chi connectivity index (χ3v) is 5.60. The Labute approximate surface area is 133 Å². The van der Waals surface area contributed by atoms with Gasteiger partial charge in [-0.3, -0.25) is 4.79 Å². The molecule has 0 radical (unpaired) electrons. The summed E-state index contributed by atoms with van der Waals surface area (Å²) in [6, 6.07) is 8.40. The first-order valence-electron chi connectivity index (χ1n) is 8.10. The van der Waals surface area contributed by atoms with Crippen molar-refractivity contribution in [2.75, 3.05) is 6.54 Å². The van der Waals surface area contributed by atoms with Crippen LogP contribution in [-0.2, 0) is 10.5 Å². The topological polar surface area (TPSA) is 29.1 Å². The highest BCUT2D eigenvalue weighted by Crippen LogP contribution is 2.23. The van der Waals surface area contributed by atoms with E-state index in [9.17, 15) is 4.79 Å². The first-order chi connectivity index (χ1) is 10.2. The molecule has 1 aliphatic carbocycles. The van der Waals surface area contributed by atoms with Crippen molar-refractivity contribution in [3.05, 3.63) is 35.4 Å². The van der Waals surface area contributed by atoms with Gasteiger partial charge in [0.15, 0.2) is 0 Å². The number of benzene rings is 1. The molecule has 1 aliphatic rings. The quantitative estimate of drug-likeness (QED) is 0.848. The van der Waals surface area contributed by atoms with Crippen molar-refractivity contribution in [1.82, 2.24) is 5.32 Å². The van der Waals surface area contributed by atoms with Gasteiger partial charge in [-0.2, -0.15) is 0 Å². The van der Waals surface area contributed by atoms with Gasteiger partial charge < -0.3 is 5.32 Å². The van der Waals surface area contributed by atoms with Gasteiger partial charge in [0.1, 0.15) is 0 Å². The van der Waals surface area contributed by atoms with E-state index in [1.807, 2.05) is 6.92 Å². The lowest BCUT2D eigenvalue weighted by Crippen LogP contribution is -2.35. The molecule has 1 aromatic rings. The molecule has 1 N–H and O–H groups in total. The second-order valence-electron chi connectivity index (χ2n) is 6.13. The van der Waals surface area contributed by atoms with Crippen LogP contribution in [0.4, 0.5) is 0 Å². The summed E-state index contributed by atoms with van der Waals surface area (Å²) in [5.74, 6) is 1.81. The van der Waals surface area contributed by atoms with Crippen molar-refractivity contribution in [2.24, 2.45) is 5.92 Å². The van der Waals surface area contributed by atoms with Crippen LogP contribution in [0, 0.1) is 12.8 Å². The Bertz CT molecular complexity index is 454. The summed E-state index contributed by atoms with van der Waals surface area (Å²) < 4.78 is 0. The van der Waals surface area contributed by atoms with E-state index in [0.717, 1.165) is 12.3 Å². The highest BCUT2D eigenvalue weighted by Gasteiger charge is 2.17. The molecule has 0 heterocycles. The Kier molecular flexibility index (Phi) is 6.62. The van der Waals surface area contributed by atoms with E-state index in [0.29, 0.717) is 5.92 Å². The lowest BCUT2D eigenvalue weighted by molar-refractivity contribution is -0.120. The van der Waals surface area contributed by atoms with Crippen LogP contribution in [0.5, 0.6) is 0 Å². The fourth-order valence-corrected chi connectivity index (χ4v) is 3.83. The average molecular weight is 305 g/mol. The molecular formula is C18H27NOS. The second-order valence-corrected chi connectivity index (χ2v) is 7.46. The van der Waals surface area contributed by atoms with E-state index in [4.69, 9.17) is 0 Å². The van der Waals surface area contributed by atoms with E-state index in [-0.39, 0.29) is 11.2 Å². The van der Waals surface area contributed by atoms with E-state index in [1.54, 1.807) is 11.8 Å². The predicted octanol–water partition coefficient (Wildman–Crippen LogP) is 4.31. The Balaban J connectivity index is 1.71. The molecule has 0 aromatic heterocycles. The van der Waals surface area contributed by atoms with Gasteiger partial charge in [-0.1, -0.05) is 43.5 Å². The number of thioether (sulfide) groups is 1. The molecule has 1 fully saturated rings. The molecule has 2 nitrogen and oxygen atoms in total. The Morgan fingerprint density at radius 1 is 1.29 bits per heavy atom. The van der Waals surface area contributed by atoms with E-state index in [1.165, 1.54) is 43.2 Å². The SMILES string of the molecule is Cc1ccccc1CSC(C)C(=O)NCC1CCCCC1. The number of nitrogens with one attached hydrogen (secondary N) is 1. The van der Waals surface area contributed by atoms with Crippen LogP contribution in [0.25, 0.3) is 0 Å². The van der Waals surface area contributed by atoms with Crippen molar-refractivity contribution < 1.29 is 4.79 Å². The zero-order valence-electron chi connectivity index (χ0n) is 13.2. The normalized spacial score (nSPS) is 17.4. The highest BCUT2D eigenvalue weighted by molar-refractivity contribution is 7.99. The summed E-state index contributed by atoms with van der Waals surface area (Å²) in [5, 5.41) is 3.16. The molecule has 2 rings (SSSR count). The van der Waals surface area contributed by atoms with Crippen LogP contribution in [-0.4, -0.2) is 17.7 Å². The van der Waals surface area contributed by atoms with Crippen molar-refractivity contribution in [1.29, 1.82) is 0 Å². The van der Waals surface area contributed by atoms with Gasteiger partial charge in [0.25, 0.3) is 0 Å². The van der Waals surface area contributed by atoms with E-state index >= 15 is 0 Å². The molecule has 1 saturated carbocycles. The third kappa shape index (κ3) is 5.39. The first kappa shape index (κ1) is 16.4. The molecule has 1 amide bonds. The zero-order valence-corrected chi connectivity index (χ0v) is 14.0. The summed E-state index contributed by atoms with van der Waals surface area (Å²) >= 11 is 1.73. The highest BCUT2D eigenvalue weighted by atomic mass is 32.2. The number of carbonyl (C=O) groups excluding carboxylic acids is 1. The Hall–Kier alpha value is -0.960. The summed E-state index contributed by atoms with van der Waals surface area (Å²) in [4.78, 5) is 12.2. The predicted molar refractivity (Wildman–Crippen MR) is 91.5 cm³/mol. The molecule has 0 aliphatic heterocycles. The van der Waals surface area contributed by atoms with E-state index in [2.05, 4.69) is 36.5 Å². The van der Waals surface area contributed by atoms with Crippen molar-refractivity contribution in [2.45, 2.75) is 57.0 Å². The molecule has 1 atom stereocenters. The standard InChI is InChI=1S/C18H27NOS/c1-14-8-6-7-11-17(14)13-21-15(2)18(20)19-12-16-9-4-3-5-10-16/h6-8,11,15-16H,3-5,9-10,12-13H2,1-2H3,(H,19,20). The van der Waals surface area contributed by atoms with Crippen LogP contribution < -0.4 is 5.32 Å². The van der Waals surface area contributed by atoms with E-state index < -0.39 is 0 Å². The molecule has 1 unspecified atom stereocenters. The maximum Gasteiger partial charge on any atom is 0.232 e. The van der Waals surface area contributed by atoms with Crippen LogP contribution in [0.1, 0.15) is 50.2 Å². The Morgan fingerprint density at radius 3 is 2.71 bits per heavy atom. The number of aryl methyl sites for hydroxylation is 1. The van der Waals surface area contributed by atoms with Gasteiger partial charge in [-0.15, -0.1) is 11.8 Å². The summed E-state index contributed by atoms with van der Waals surface area (Å²) in [6.07, 6.45) is 6.60. The van der Waals surface area contributed by atoms with Crippen molar-refractivity contribution >= 4 is 17.7 Å². The van der Waals surface area contributed by atoms with Gasteiger partial charge in [-0.25, -0.2) is 0 Å². The van der Waals surface area contributed by atoms with Gasteiger partial charge in [0, 0.05) is 12.3 Å².